The summed E-state index contributed by atoms with van der Waals surface area (Å²) >= 11 is 0. The lowest BCUT2D eigenvalue weighted by molar-refractivity contribution is 0.249. The minimum atomic E-state index is -0.313. The summed E-state index contributed by atoms with van der Waals surface area (Å²) in [7, 11) is 0. The lowest BCUT2D eigenvalue weighted by Crippen LogP contribution is -2.38. The van der Waals surface area contributed by atoms with Gasteiger partial charge in [0.2, 0.25) is 0 Å². The van der Waals surface area contributed by atoms with Crippen LogP contribution >= 0.6 is 0 Å². The molecule has 1 aromatic carbocycles. The molecule has 0 saturated carbocycles. The molecule has 2 fully saturated rings. The molecule has 4 heterocycles. The van der Waals surface area contributed by atoms with E-state index in [1.165, 1.54) is 51.4 Å². The average molecular weight is 380 g/mol. The normalized spacial score (nSPS) is 19.0. The first-order chi connectivity index (χ1) is 13.8. The molecule has 0 radical (unpaired) electrons. The van der Waals surface area contributed by atoms with E-state index in [0.717, 1.165) is 24.8 Å². The first-order valence-electron chi connectivity index (χ1n) is 10.2. The third kappa shape index (κ3) is 3.35. The van der Waals surface area contributed by atoms with Crippen molar-refractivity contribution in [2.24, 2.45) is 5.92 Å². The number of nitrogens with zero attached hydrogens (tertiary/aromatic N) is 6. The van der Waals surface area contributed by atoms with E-state index in [9.17, 15) is 4.39 Å². The fraction of sp³-hybridized carbons (Fsp3) is 0.476. The molecule has 3 aromatic rings. The van der Waals surface area contributed by atoms with Gasteiger partial charge in [0.15, 0.2) is 11.5 Å². The Hall–Kier alpha value is -2.54. The van der Waals surface area contributed by atoms with Crippen molar-refractivity contribution in [3.63, 3.8) is 0 Å². The Kier molecular flexibility index (Phi) is 4.68. The van der Waals surface area contributed by atoms with Crippen molar-refractivity contribution < 1.29 is 4.39 Å². The van der Waals surface area contributed by atoms with Gasteiger partial charge in [0.1, 0.15) is 11.6 Å². The average Bonchev–Trinajstić information content (AvgIpc) is 3.38. The highest BCUT2D eigenvalue weighted by atomic mass is 19.1. The Morgan fingerprint density at radius 2 is 1.71 bits per heavy atom. The van der Waals surface area contributed by atoms with Crippen LogP contribution in [0.4, 0.5) is 10.2 Å². The summed E-state index contributed by atoms with van der Waals surface area (Å²) in [5.74, 6) is 1.82. The van der Waals surface area contributed by atoms with Crippen LogP contribution in [0.5, 0.6) is 0 Å². The predicted molar refractivity (Wildman–Crippen MR) is 107 cm³/mol. The van der Waals surface area contributed by atoms with Crippen molar-refractivity contribution >= 4 is 11.5 Å². The maximum Gasteiger partial charge on any atom is 0.188 e. The molecular weight excluding hydrogens is 355 g/mol. The van der Waals surface area contributed by atoms with E-state index in [1.807, 2.05) is 12.1 Å². The van der Waals surface area contributed by atoms with Gasteiger partial charge in [0, 0.05) is 19.6 Å². The van der Waals surface area contributed by atoms with Crippen LogP contribution in [-0.2, 0) is 0 Å². The summed E-state index contributed by atoms with van der Waals surface area (Å²) in [4.78, 5) is 4.94. The smallest absolute Gasteiger partial charge is 0.188 e. The maximum atomic E-state index is 14.2. The van der Waals surface area contributed by atoms with Crippen LogP contribution in [0.15, 0.2) is 36.4 Å². The van der Waals surface area contributed by atoms with Crippen LogP contribution in [-0.4, -0.2) is 57.4 Å². The van der Waals surface area contributed by atoms with E-state index < -0.39 is 0 Å². The van der Waals surface area contributed by atoms with Gasteiger partial charge in [-0.25, -0.2) is 4.39 Å². The predicted octanol–water partition coefficient (Wildman–Crippen LogP) is 3.24. The summed E-state index contributed by atoms with van der Waals surface area (Å²) in [6.45, 7) is 5.79. The molecule has 0 spiro atoms. The van der Waals surface area contributed by atoms with Gasteiger partial charge in [0.05, 0.1) is 5.56 Å². The van der Waals surface area contributed by atoms with Crippen molar-refractivity contribution in [3.8, 4) is 11.4 Å². The number of likely N-dealkylation sites (tertiary alicyclic amines) is 1. The number of halogens is 1. The Labute approximate surface area is 164 Å². The topological polar surface area (TPSA) is 49.6 Å². The van der Waals surface area contributed by atoms with Crippen LogP contribution in [0.25, 0.3) is 17.0 Å². The monoisotopic (exact) mass is 380 g/mol. The fourth-order valence-electron chi connectivity index (χ4n) is 4.43. The highest BCUT2D eigenvalue weighted by Gasteiger charge is 2.24. The lowest BCUT2D eigenvalue weighted by Gasteiger charge is -2.34. The van der Waals surface area contributed by atoms with Crippen LogP contribution in [0.2, 0.25) is 0 Å². The Balaban J connectivity index is 1.34. The summed E-state index contributed by atoms with van der Waals surface area (Å²) in [5.41, 5.74) is 1.05. The number of rotatable bonds is 4. The molecule has 146 valence electrons. The zero-order chi connectivity index (χ0) is 18.9. The van der Waals surface area contributed by atoms with Crippen molar-refractivity contribution in [2.45, 2.75) is 25.7 Å². The first-order valence-corrected chi connectivity index (χ1v) is 10.2. The molecule has 0 atom stereocenters. The van der Waals surface area contributed by atoms with Crippen LogP contribution in [0, 0.1) is 11.7 Å². The highest BCUT2D eigenvalue weighted by Crippen LogP contribution is 2.26. The number of aromatic nitrogens is 4. The fourth-order valence-corrected chi connectivity index (χ4v) is 4.43. The van der Waals surface area contributed by atoms with E-state index in [0.29, 0.717) is 17.0 Å². The minimum absolute atomic E-state index is 0.313. The first kappa shape index (κ1) is 17.6. The Bertz CT molecular complexity index is 956. The molecule has 7 heteroatoms. The molecule has 2 saturated heterocycles. The number of fused-ring (bicyclic) bond motifs is 1. The summed E-state index contributed by atoms with van der Waals surface area (Å²) in [6.07, 6.45) is 5.09. The summed E-state index contributed by atoms with van der Waals surface area (Å²) in [5, 5.41) is 13.1. The van der Waals surface area contributed by atoms with Gasteiger partial charge >= 0.3 is 0 Å². The van der Waals surface area contributed by atoms with Crippen molar-refractivity contribution in [3.05, 3.63) is 42.2 Å². The molecule has 0 unspecified atom stereocenters. The third-order valence-electron chi connectivity index (χ3n) is 6.02. The van der Waals surface area contributed by atoms with Crippen LogP contribution < -0.4 is 4.90 Å². The molecule has 2 aliphatic heterocycles. The second kappa shape index (κ2) is 7.47. The zero-order valence-corrected chi connectivity index (χ0v) is 16.0. The molecule has 2 aliphatic rings. The highest BCUT2D eigenvalue weighted by molar-refractivity contribution is 5.60. The minimum Gasteiger partial charge on any atom is -0.355 e. The SMILES string of the molecule is Fc1ccccc1-c1nnc2ccc(N3CCC(CN4CCCC4)CC3)nn12. The molecule has 28 heavy (non-hydrogen) atoms. The van der Waals surface area contributed by atoms with E-state index in [2.05, 4.69) is 20.0 Å². The second-order valence-corrected chi connectivity index (χ2v) is 7.90. The third-order valence-corrected chi connectivity index (χ3v) is 6.02. The molecule has 0 aliphatic carbocycles. The van der Waals surface area contributed by atoms with E-state index in [1.54, 1.807) is 22.7 Å². The number of piperidine rings is 1. The molecule has 2 aromatic heterocycles. The Morgan fingerprint density at radius 3 is 2.50 bits per heavy atom. The van der Waals surface area contributed by atoms with E-state index >= 15 is 0 Å². The number of anilines is 1. The Morgan fingerprint density at radius 1 is 0.929 bits per heavy atom. The molecular formula is C21H25FN6. The van der Waals surface area contributed by atoms with Crippen LogP contribution in [0.3, 0.4) is 0 Å². The number of hydrogen-bond acceptors (Lipinski definition) is 5. The van der Waals surface area contributed by atoms with Gasteiger partial charge in [-0.05, 0) is 69.0 Å². The standard InChI is InChI=1S/C21H25FN6/c22-18-6-2-1-5-17(18)21-24-23-19-7-8-20(25-28(19)21)27-13-9-16(10-14-27)15-26-11-3-4-12-26/h1-2,5-8,16H,3-4,9-15H2. The summed E-state index contributed by atoms with van der Waals surface area (Å²) < 4.78 is 15.9. The van der Waals surface area contributed by atoms with Gasteiger partial charge in [-0.2, -0.15) is 4.52 Å². The van der Waals surface area contributed by atoms with Gasteiger partial charge in [0.25, 0.3) is 0 Å². The van der Waals surface area contributed by atoms with Gasteiger partial charge < -0.3 is 9.80 Å². The van der Waals surface area contributed by atoms with Gasteiger partial charge in [-0.1, -0.05) is 12.1 Å². The summed E-state index contributed by atoms with van der Waals surface area (Å²) in [6, 6.07) is 10.5. The molecule has 5 rings (SSSR count). The van der Waals surface area contributed by atoms with E-state index in [-0.39, 0.29) is 5.82 Å². The van der Waals surface area contributed by atoms with Crippen molar-refractivity contribution in [1.82, 2.24) is 24.7 Å². The zero-order valence-electron chi connectivity index (χ0n) is 16.0. The van der Waals surface area contributed by atoms with E-state index in [4.69, 9.17) is 5.10 Å². The molecule has 0 bridgehead atoms. The number of hydrogen-bond donors (Lipinski definition) is 0. The second-order valence-electron chi connectivity index (χ2n) is 7.90. The largest absolute Gasteiger partial charge is 0.355 e. The van der Waals surface area contributed by atoms with Crippen molar-refractivity contribution in [1.29, 1.82) is 0 Å². The molecule has 6 nitrogen and oxygen atoms in total. The molecule has 0 amide bonds. The lowest BCUT2D eigenvalue weighted by atomic mass is 9.96. The van der Waals surface area contributed by atoms with Crippen LogP contribution in [0.1, 0.15) is 25.7 Å². The maximum absolute atomic E-state index is 14.2. The molecule has 0 N–H and O–H groups in total. The van der Waals surface area contributed by atoms with Gasteiger partial charge in [-0.15, -0.1) is 15.3 Å². The van der Waals surface area contributed by atoms with Crippen molar-refractivity contribution in [2.75, 3.05) is 37.6 Å². The number of benzene rings is 1. The quantitative estimate of drug-likeness (QED) is 0.695. The van der Waals surface area contributed by atoms with Gasteiger partial charge in [-0.3, -0.25) is 0 Å².